The van der Waals surface area contributed by atoms with Crippen LogP contribution in [0.3, 0.4) is 0 Å². The van der Waals surface area contributed by atoms with E-state index in [0.29, 0.717) is 16.9 Å². The summed E-state index contributed by atoms with van der Waals surface area (Å²) in [7, 11) is 3.17. The SMILES string of the molecule is COc1ccc(-n2ccc3c(c2=O)=C(O)CC(OC)C=3)cc1. The smallest absolute Gasteiger partial charge is 0.266 e. The lowest BCUT2D eigenvalue weighted by molar-refractivity contribution is 0.149. The summed E-state index contributed by atoms with van der Waals surface area (Å²) in [4.78, 5) is 12.7. The van der Waals surface area contributed by atoms with Crippen molar-refractivity contribution in [2.45, 2.75) is 12.5 Å². The van der Waals surface area contributed by atoms with Gasteiger partial charge < -0.3 is 14.6 Å². The topological polar surface area (TPSA) is 60.7 Å². The molecule has 0 saturated carbocycles. The molecule has 1 aliphatic rings. The third-order valence-electron chi connectivity index (χ3n) is 3.83. The molecule has 0 saturated heterocycles. The average molecular weight is 299 g/mol. The van der Waals surface area contributed by atoms with Gasteiger partial charge in [-0.3, -0.25) is 9.36 Å². The maximum Gasteiger partial charge on any atom is 0.266 e. The van der Waals surface area contributed by atoms with Crippen molar-refractivity contribution in [2.75, 3.05) is 14.2 Å². The third-order valence-corrected chi connectivity index (χ3v) is 3.83. The van der Waals surface area contributed by atoms with Crippen LogP contribution in [-0.4, -0.2) is 30.0 Å². The highest BCUT2D eigenvalue weighted by Gasteiger charge is 2.16. The summed E-state index contributed by atoms with van der Waals surface area (Å²) in [6.45, 7) is 0. The van der Waals surface area contributed by atoms with Crippen LogP contribution >= 0.6 is 0 Å². The van der Waals surface area contributed by atoms with E-state index in [1.54, 1.807) is 44.7 Å². The first-order valence-electron chi connectivity index (χ1n) is 6.97. The van der Waals surface area contributed by atoms with Crippen molar-refractivity contribution in [1.82, 2.24) is 4.57 Å². The fraction of sp³-hybridized carbons (Fsp3) is 0.235. The molecule has 5 heteroatoms. The summed E-state index contributed by atoms with van der Waals surface area (Å²) in [5, 5.41) is 11.2. The third kappa shape index (κ3) is 2.40. The van der Waals surface area contributed by atoms with Crippen LogP contribution in [0.1, 0.15) is 6.42 Å². The Morgan fingerprint density at radius 2 is 1.91 bits per heavy atom. The number of aliphatic hydroxyl groups is 1. The van der Waals surface area contributed by atoms with Gasteiger partial charge in [-0.1, -0.05) is 0 Å². The minimum Gasteiger partial charge on any atom is -0.511 e. The Bertz CT molecular complexity index is 865. The van der Waals surface area contributed by atoms with E-state index in [1.807, 2.05) is 12.1 Å². The van der Waals surface area contributed by atoms with E-state index in [0.717, 1.165) is 11.4 Å². The van der Waals surface area contributed by atoms with E-state index in [-0.39, 0.29) is 17.4 Å². The lowest BCUT2D eigenvalue weighted by atomic mass is 10.1. The fourth-order valence-electron chi connectivity index (χ4n) is 2.63. The van der Waals surface area contributed by atoms with Crippen LogP contribution in [0.4, 0.5) is 0 Å². The molecular formula is C17H17NO4. The number of pyridine rings is 1. The largest absolute Gasteiger partial charge is 0.511 e. The minimum atomic E-state index is -0.244. The number of methoxy groups -OCH3 is 2. The maximum absolute atomic E-state index is 12.7. The van der Waals surface area contributed by atoms with Gasteiger partial charge in [-0.2, -0.15) is 0 Å². The molecule has 1 N–H and O–H groups in total. The van der Waals surface area contributed by atoms with Gasteiger partial charge in [-0.05, 0) is 41.6 Å². The van der Waals surface area contributed by atoms with Gasteiger partial charge in [0.1, 0.15) is 11.5 Å². The van der Waals surface area contributed by atoms with Crippen LogP contribution in [0.2, 0.25) is 0 Å². The number of aromatic nitrogens is 1. The van der Waals surface area contributed by atoms with Gasteiger partial charge in [-0.25, -0.2) is 0 Å². The average Bonchev–Trinajstić information content (AvgIpc) is 2.55. The predicted molar refractivity (Wildman–Crippen MR) is 83.8 cm³/mol. The lowest BCUT2D eigenvalue weighted by Crippen LogP contribution is -2.48. The maximum atomic E-state index is 12.7. The molecule has 22 heavy (non-hydrogen) atoms. The van der Waals surface area contributed by atoms with Crippen LogP contribution in [-0.2, 0) is 4.74 Å². The van der Waals surface area contributed by atoms with E-state index in [9.17, 15) is 9.90 Å². The molecule has 0 bridgehead atoms. The van der Waals surface area contributed by atoms with Crippen LogP contribution in [0.15, 0.2) is 41.3 Å². The second kappa shape index (κ2) is 5.69. The van der Waals surface area contributed by atoms with E-state index >= 15 is 0 Å². The first kappa shape index (κ1) is 14.4. The molecule has 5 nitrogen and oxygen atoms in total. The Kier molecular flexibility index (Phi) is 3.73. The molecule has 114 valence electrons. The van der Waals surface area contributed by atoms with E-state index < -0.39 is 0 Å². The molecule has 1 heterocycles. The molecule has 1 unspecified atom stereocenters. The van der Waals surface area contributed by atoms with Gasteiger partial charge >= 0.3 is 0 Å². The van der Waals surface area contributed by atoms with Crippen molar-refractivity contribution in [3.05, 3.63) is 57.3 Å². The Morgan fingerprint density at radius 1 is 1.18 bits per heavy atom. The molecule has 1 atom stereocenters. The monoisotopic (exact) mass is 299 g/mol. The Morgan fingerprint density at radius 3 is 2.55 bits per heavy atom. The zero-order chi connectivity index (χ0) is 15.7. The van der Waals surface area contributed by atoms with Crippen molar-refractivity contribution < 1.29 is 14.6 Å². The Labute approximate surface area is 127 Å². The van der Waals surface area contributed by atoms with Crippen LogP contribution < -0.4 is 20.7 Å². The Balaban J connectivity index is 2.19. The molecule has 0 fully saturated rings. The van der Waals surface area contributed by atoms with Crippen molar-refractivity contribution in [3.63, 3.8) is 0 Å². The number of hydrogen-bond acceptors (Lipinski definition) is 4. The Hall–Kier alpha value is -2.53. The highest BCUT2D eigenvalue weighted by atomic mass is 16.5. The highest BCUT2D eigenvalue weighted by Crippen LogP contribution is 2.13. The number of fused-ring (bicyclic) bond motifs is 1. The second-order valence-electron chi connectivity index (χ2n) is 5.11. The first-order valence-corrected chi connectivity index (χ1v) is 6.97. The van der Waals surface area contributed by atoms with Gasteiger partial charge in [0.15, 0.2) is 0 Å². The first-order chi connectivity index (χ1) is 10.6. The van der Waals surface area contributed by atoms with Gasteiger partial charge in [0.2, 0.25) is 0 Å². The molecular weight excluding hydrogens is 282 g/mol. The molecule has 0 spiro atoms. The molecule has 1 aliphatic carbocycles. The number of rotatable bonds is 3. The summed E-state index contributed by atoms with van der Waals surface area (Å²) >= 11 is 0. The van der Waals surface area contributed by atoms with Crippen molar-refractivity contribution in [3.8, 4) is 11.4 Å². The highest BCUT2D eigenvalue weighted by molar-refractivity contribution is 5.48. The van der Waals surface area contributed by atoms with Gasteiger partial charge in [0.25, 0.3) is 5.56 Å². The molecule has 0 amide bonds. The van der Waals surface area contributed by atoms with Gasteiger partial charge in [0.05, 0.1) is 18.4 Å². The number of nitrogens with zero attached hydrogens (tertiary/aromatic N) is 1. The number of ether oxygens (including phenoxy) is 2. The van der Waals surface area contributed by atoms with Crippen molar-refractivity contribution >= 4 is 11.8 Å². The normalized spacial score (nSPS) is 16.8. The van der Waals surface area contributed by atoms with Crippen LogP contribution in [0.5, 0.6) is 5.75 Å². The number of aliphatic hydroxyl groups excluding tert-OH is 1. The summed E-state index contributed by atoms with van der Waals surface area (Å²) in [5.74, 6) is 0.789. The van der Waals surface area contributed by atoms with Crippen LogP contribution in [0.25, 0.3) is 17.5 Å². The lowest BCUT2D eigenvalue weighted by Gasteiger charge is -2.15. The predicted octanol–water partition coefficient (Wildman–Crippen LogP) is 0.711. The van der Waals surface area contributed by atoms with Gasteiger partial charge in [-0.15, -0.1) is 0 Å². The molecule has 0 radical (unpaired) electrons. The second-order valence-corrected chi connectivity index (χ2v) is 5.11. The summed E-state index contributed by atoms with van der Waals surface area (Å²) in [6.07, 6.45) is 3.66. The minimum absolute atomic E-state index is 0.0669. The molecule has 0 aliphatic heterocycles. The molecule has 1 aromatic carbocycles. The molecule has 2 aromatic rings. The van der Waals surface area contributed by atoms with E-state index in [1.165, 1.54) is 4.57 Å². The molecule has 3 rings (SSSR count). The zero-order valence-corrected chi connectivity index (χ0v) is 12.4. The van der Waals surface area contributed by atoms with E-state index in [2.05, 4.69) is 0 Å². The summed E-state index contributed by atoms with van der Waals surface area (Å²) in [5.41, 5.74) is 0.473. The van der Waals surface area contributed by atoms with Crippen molar-refractivity contribution in [1.29, 1.82) is 0 Å². The fourth-order valence-corrected chi connectivity index (χ4v) is 2.63. The number of hydrogen-bond donors (Lipinski definition) is 1. The molecule has 1 aromatic heterocycles. The van der Waals surface area contributed by atoms with Crippen molar-refractivity contribution in [2.24, 2.45) is 0 Å². The quantitative estimate of drug-likeness (QED) is 0.907. The number of benzene rings is 1. The van der Waals surface area contributed by atoms with Gasteiger partial charge in [0, 0.05) is 25.4 Å². The van der Waals surface area contributed by atoms with E-state index in [4.69, 9.17) is 9.47 Å². The summed E-state index contributed by atoms with van der Waals surface area (Å²) in [6, 6.07) is 8.99. The zero-order valence-electron chi connectivity index (χ0n) is 12.4. The standard InChI is InChI=1S/C17H17NO4/c1-21-13-5-3-12(4-6-13)18-8-7-11-9-14(22-2)10-15(19)16(11)17(18)20/h3-9,14,19H,10H2,1-2H3. The van der Waals surface area contributed by atoms with Crippen LogP contribution in [0, 0.1) is 0 Å². The summed E-state index contributed by atoms with van der Waals surface area (Å²) < 4.78 is 11.9.